The molecule has 1 aliphatic carbocycles. The van der Waals surface area contributed by atoms with E-state index in [1.54, 1.807) is 0 Å². The molecule has 0 bridgehead atoms. The van der Waals surface area contributed by atoms with Gasteiger partial charge in [-0.15, -0.1) is 0 Å². The lowest BCUT2D eigenvalue weighted by Gasteiger charge is -2.44. The number of methoxy groups -OCH3 is 1. The van der Waals surface area contributed by atoms with Crippen LogP contribution in [0.2, 0.25) is 0 Å². The number of benzene rings is 1. The van der Waals surface area contributed by atoms with Crippen LogP contribution in [-0.2, 0) is 28.5 Å². The summed E-state index contributed by atoms with van der Waals surface area (Å²) in [6.45, 7) is -1.35. The lowest BCUT2D eigenvalue weighted by Crippen LogP contribution is -2.61. The molecule has 1 fully saturated rings. The largest absolute Gasteiger partial charge is 0.504 e. The Morgan fingerprint density at radius 1 is 1.12 bits per heavy atom. The summed E-state index contributed by atoms with van der Waals surface area (Å²) in [5.74, 6) is -4.11. The molecule has 218 valence electrons. The lowest BCUT2D eigenvalue weighted by molar-refractivity contribution is -0.346. The minimum absolute atomic E-state index is 0.0825. The summed E-state index contributed by atoms with van der Waals surface area (Å²) in [6, 6.07) is 4.39. The molecule has 0 radical (unpaired) electrons. The van der Waals surface area contributed by atoms with Gasteiger partial charge in [0.1, 0.15) is 36.6 Å². The molecule has 3 aliphatic rings. The zero-order valence-electron chi connectivity index (χ0n) is 21.1. The molecular weight excluding hydrogens is 536 g/mol. The van der Waals surface area contributed by atoms with Crippen LogP contribution in [0.5, 0.6) is 11.5 Å². The summed E-state index contributed by atoms with van der Waals surface area (Å²) < 4.78 is 26.7. The number of fused-ring (bicyclic) bond motifs is 1. The maximum Gasteiger partial charge on any atom is 0.335 e. The van der Waals surface area contributed by atoms with E-state index in [4.69, 9.17) is 23.7 Å². The maximum absolute atomic E-state index is 12.2. The average Bonchev–Trinajstić information content (AvgIpc) is 3.30. The first-order valence-electron chi connectivity index (χ1n) is 12.2. The first-order valence-corrected chi connectivity index (χ1v) is 12.2. The molecule has 2 heterocycles. The van der Waals surface area contributed by atoms with E-state index in [0.29, 0.717) is 5.56 Å². The molecule has 40 heavy (non-hydrogen) atoms. The van der Waals surface area contributed by atoms with Gasteiger partial charge in [-0.1, -0.05) is 18.2 Å². The summed E-state index contributed by atoms with van der Waals surface area (Å²) in [6.07, 6.45) is -3.78. The van der Waals surface area contributed by atoms with Crippen LogP contribution in [0.1, 0.15) is 5.56 Å². The van der Waals surface area contributed by atoms with Crippen molar-refractivity contribution in [2.24, 2.45) is 11.8 Å². The van der Waals surface area contributed by atoms with Gasteiger partial charge < -0.3 is 59.4 Å². The Labute approximate surface area is 227 Å². The number of aliphatic hydroxyl groups is 5. The van der Waals surface area contributed by atoms with Crippen molar-refractivity contribution >= 4 is 18.0 Å². The van der Waals surface area contributed by atoms with Gasteiger partial charge in [-0.3, -0.25) is 0 Å². The number of carbonyl (C=O) groups excluding carboxylic acids is 1. The Bertz CT molecular complexity index is 1190. The number of ether oxygens (including phenoxy) is 5. The quantitative estimate of drug-likeness (QED) is 0.104. The van der Waals surface area contributed by atoms with Gasteiger partial charge in [0.15, 0.2) is 17.8 Å². The zero-order valence-corrected chi connectivity index (χ0v) is 21.1. The van der Waals surface area contributed by atoms with E-state index in [9.17, 15) is 45.3 Å². The molecule has 0 unspecified atom stereocenters. The second-order valence-electron chi connectivity index (χ2n) is 9.49. The number of allylic oxidation sites excluding steroid dienone is 1. The minimum atomic E-state index is -1.93. The van der Waals surface area contributed by atoms with E-state index < -0.39 is 79.6 Å². The highest BCUT2D eigenvalue weighted by Crippen LogP contribution is 2.45. The van der Waals surface area contributed by atoms with Crippen molar-refractivity contribution in [3.05, 3.63) is 53.8 Å². The zero-order chi connectivity index (χ0) is 29.2. The van der Waals surface area contributed by atoms with E-state index in [1.807, 2.05) is 0 Å². The summed E-state index contributed by atoms with van der Waals surface area (Å²) in [4.78, 5) is 23.9. The van der Waals surface area contributed by atoms with Crippen LogP contribution >= 0.6 is 0 Å². The number of carbonyl (C=O) groups is 2. The second kappa shape index (κ2) is 11.9. The monoisotopic (exact) mass is 566 g/mol. The Morgan fingerprint density at radius 2 is 1.88 bits per heavy atom. The Hall–Kier alpha value is -3.50. The van der Waals surface area contributed by atoms with Crippen molar-refractivity contribution in [2.75, 3.05) is 20.3 Å². The highest BCUT2D eigenvalue weighted by molar-refractivity contribution is 5.88. The summed E-state index contributed by atoms with van der Waals surface area (Å²) in [5, 5.41) is 70.9. The van der Waals surface area contributed by atoms with Crippen molar-refractivity contribution in [3.8, 4) is 11.5 Å². The number of carboxylic acid groups (broad SMARTS) is 1. The van der Waals surface area contributed by atoms with Crippen LogP contribution in [0, 0.1) is 11.8 Å². The van der Waals surface area contributed by atoms with Crippen molar-refractivity contribution in [1.29, 1.82) is 0 Å². The van der Waals surface area contributed by atoms with Gasteiger partial charge in [0, 0.05) is 12.0 Å². The molecule has 1 aromatic rings. The number of hydrogen-bond donors (Lipinski definition) is 7. The van der Waals surface area contributed by atoms with Gasteiger partial charge in [0.25, 0.3) is 0 Å². The first-order chi connectivity index (χ1) is 19.0. The molecule has 4 rings (SSSR count). The van der Waals surface area contributed by atoms with Crippen LogP contribution < -0.4 is 4.74 Å². The van der Waals surface area contributed by atoms with Crippen LogP contribution in [-0.4, -0.2) is 111 Å². The van der Waals surface area contributed by atoms with Gasteiger partial charge in [0.2, 0.25) is 6.29 Å². The third kappa shape index (κ3) is 5.83. The lowest BCUT2D eigenvalue weighted by atomic mass is 9.79. The Balaban J connectivity index is 1.42. The molecule has 0 amide bonds. The topological polar surface area (TPSA) is 222 Å². The van der Waals surface area contributed by atoms with Crippen LogP contribution in [0.3, 0.4) is 0 Å². The molecule has 0 aromatic heterocycles. The average molecular weight is 567 g/mol. The molecule has 1 saturated heterocycles. The summed E-state index contributed by atoms with van der Waals surface area (Å²) >= 11 is 0. The third-order valence-electron chi connectivity index (χ3n) is 6.98. The number of phenols is 1. The minimum Gasteiger partial charge on any atom is -0.504 e. The molecule has 2 aliphatic heterocycles. The van der Waals surface area contributed by atoms with Gasteiger partial charge >= 0.3 is 11.9 Å². The molecule has 1 aromatic carbocycles. The third-order valence-corrected chi connectivity index (χ3v) is 6.98. The number of phenolic OH excluding ortho intramolecular Hbond substituents is 1. The second-order valence-corrected chi connectivity index (χ2v) is 9.49. The van der Waals surface area contributed by atoms with Gasteiger partial charge in [0.05, 0.1) is 31.5 Å². The van der Waals surface area contributed by atoms with E-state index in [2.05, 4.69) is 0 Å². The number of hydrogen-bond acceptors (Lipinski definition) is 13. The molecule has 14 heteroatoms. The SMILES string of the molecule is COc1cc(C=CC(=O)OC[C@@H]2O[C@@H](O[C@H]3OC=C(C(=O)O)[C@H]4C=C[C@](O)(CO)[C@H]34)[C@H](O)[C@@H](O)[C@@H]2O)ccc1O. The van der Waals surface area contributed by atoms with Crippen molar-refractivity contribution in [2.45, 2.75) is 42.6 Å². The first kappa shape index (κ1) is 29.5. The summed E-state index contributed by atoms with van der Waals surface area (Å²) in [7, 11) is 1.37. The van der Waals surface area contributed by atoms with Gasteiger partial charge in [-0.05, 0) is 23.8 Å². The van der Waals surface area contributed by atoms with E-state index in [1.165, 1.54) is 43.5 Å². The Morgan fingerprint density at radius 3 is 2.55 bits per heavy atom. The number of esters is 1. The molecule has 14 nitrogen and oxygen atoms in total. The van der Waals surface area contributed by atoms with Crippen molar-refractivity contribution < 1.29 is 69.0 Å². The van der Waals surface area contributed by atoms with Crippen molar-refractivity contribution in [3.63, 3.8) is 0 Å². The van der Waals surface area contributed by atoms with Crippen LogP contribution in [0.4, 0.5) is 0 Å². The standard InChI is InChI=1S/C26H30O14/c1-36-16-8-12(2-4-15(16)28)3-5-18(29)37-10-17-20(30)21(31)22(32)25(39-17)40-24-19-13(6-7-26(19,35)11-27)14(9-38-24)23(33)34/h2-9,13,17,19-22,24-25,27-28,30-32,35H,10-11H2,1H3,(H,33,34)/t13-,17+,19+,20-,21+,22-,24-,25+,26+/m1/s1. The summed E-state index contributed by atoms with van der Waals surface area (Å²) in [5.41, 5.74) is -1.61. The Kier molecular flexibility index (Phi) is 8.80. The highest BCUT2D eigenvalue weighted by Gasteiger charge is 2.55. The van der Waals surface area contributed by atoms with Gasteiger partial charge in [-0.25, -0.2) is 9.59 Å². The predicted molar refractivity (Wildman–Crippen MR) is 131 cm³/mol. The fraction of sp³-hybridized carbons (Fsp3) is 0.462. The van der Waals surface area contributed by atoms with Crippen LogP contribution in [0.25, 0.3) is 6.08 Å². The van der Waals surface area contributed by atoms with E-state index >= 15 is 0 Å². The molecular formula is C26H30O14. The fourth-order valence-electron chi connectivity index (χ4n) is 4.76. The molecule has 7 N–H and O–H groups in total. The number of rotatable bonds is 9. The van der Waals surface area contributed by atoms with Crippen molar-refractivity contribution in [1.82, 2.24) is 0 Å². The predicted octanol–water partition coefficient (Wildman–Crippen LogP) is -1.37. The van der Waals surface area contributed by atoms with Gasteiger partial charge in [-0.2, -0.15) is 0 Å². The molecule has 0 saturated carbocycles. The van der Waals surface area contributed by atoms with E-state index in [-0.39, 0.29) is 17.1 Å². The number of aliphatic carboxylic acids is 1. The fourth-order valence-corrected chi connectivity index (χ4v) is 4.76. The normalized spacial score (nSPS) is 35.1. The smallest absolute Gasteiger partial charge is 0.335 e. The number of aliphatic hydroxyl groups excluding tert-OH is 4. The molecule has 9 atom stereocenters. The highest BCUT2D eigenvalue weighted by atomic mass is 16.8. The molecule has 0 spiro atoms. The van der Waals surface area contributed by atoms with Crippen LogP contribution in [0.15, 0.2) is 48.3 Å². The maximum atomic E-state index is 12.2. The van der Waals surface area contributed by atoms with E-state index in [0.717, 1.165) is 12.3 Å². The number of carboxylic acids is 1. The number of aromatic hydroxyl groups is 1.